The Balaban J connectivity index is 1.71. The van der Waals surface area contributed by atoms with E-state index in [4.69, 9.17) is 4.74 Å². The number of nitrogens with zero attached hydrogens (tertiary/aromatic N) is 3. The highest BCUT2D eigenvalue weighted by Gasteiger charge is 2.27. The van der Waals surface area contributed by atoms with E-state index in [1.807, 2.05) is 24.3 Å². The van der Waals surface area contributed by atoms with Crippen molar-refractivity contribution >= 4 is 11.6 Å². The molecule has 0 unspecified atom stereocenters. The third kappa shape index (κ3) is 3.24. The predicted octanol–water partition coefficient (Wildman–Crippen LogP) is 1.13. The molecule has 2 aromatic rings. The van der Waals surface area contributed by atoms with Crippen LogP contribution in [0.1, 0.15) is 17.4 Å². The fraction of sp³-hybridized carbons (Fsp3) is 0.353. The molecule has 1 atom stereocenters. The second-order valence-electron chi connectivity index (χ2n) is 5.74. The summed E-state index contributed by atoms with van der Waals surface area (Å²) < 4.78 is 6.03. The van der Waals surface area contributed by atoms with Gasteiger partial charge in [-0.15, -0.1) is 0 Å². The van der Waals surface area contributed by atoms with Crippen molar-refractivity contribution in [1.29, 1.82) is 0 Å². The summed E-state index contributed by atoms with van der Waals surface area (Å²) in [7, 11) is 1.70. The molecule has 1 amide bonds. The molecule has 0 fully saturated rings. The van der Waals surface area contributed by atoms with Crippen molar-refractivity contribution in [3.63, 3.8) is 0 Å². The van der Waals surface area contributed by atoms with Gasteiger partial charge >= 0.3 is 0 Å². The van der Waals surface area contributed by atoms with Crippen molar-refractivity contribution < 1.29 is 9.53 Å². The monoisotopic (exact) mass is 328 g/mol. The number of H-pyrrole nitrogens is 1. The molecule has 7 nitrogen and oxygen atoms in total. The van der Waals surface area contributed by atoms with Gasteiger partial charge in [0.05, 0.1) is 18.8 Å². The maximum atomic E-state index is 12.4. The average Bonchev–Trinajstić information content (AvgIpc) is 2.61. The van der Waals surface area contributed by atoms with Crippen molar-refractivity contribution in [3.05, 3.63) is 52.4 Å². The number of fused-ring (bicyclic) bond motifs is 1. The minimum atomic E-state index is -0.333. The van der Waals surface area contributed by atoms with Crippen LogP contribution in [0, 0.1) is 0 Å². The highest BCUT2D eigenvalue weighted by molar-refractivity contribution is 5.91. The number of aromatic nitrogens is 2. The molecule has 24 heavy (non-hydrogen) atoms. The van der Waals surface area contributed by atoms with E-state index in [9.17, 15) is 9.59 Å². The minimum absolute atomic E-state index is 0.128. The van der Waals surface area contributed by atoms with Gasteiger partial charge in [-0.25, -0.2) is 5.10 Å². The van der Waals surface area contributed by atoms with Crippen LogP contribution < -0.4 is 15.2 Å². The van der Waals surface area contributed by atoms with Crippen LogP contribution in [-0.4, -0.2) is 53.8 Å². The van der Waals surface area contributed by atoms with Crippen LogP contribution in [0.4, 0.5) is 5.69 Å². The van der Waals surface area contributed by atoms with Gasteiger partial charge in [0.2, 0.25) is 0 Å². The van der Waals surface area contributed by atoms with Gasteiger partial charge in [0.15, 0.2) is 0 Å². The van der Waals surface area contributed by atoms with E-state index in [0.717, 1.165) is 18.0 Å². The predicted molar refractivity (Wildman–Crippen MR) is 90.6 cm³/mol. The molecule has 1 N–H and O–H groups in total. The molecule has 3 rings (SSSR count). The van der Waals surface area contributed by atoms with Crippen LogP contribution in [0.5, 0.6) is 5.75 Å². The first-order chi connectivity index (χ1) is 11.6. The topological polar surface area (TPSA) is 78.5 Å². The molecule has 1 aliphatic heterocycles. The Morgan fingerprint density at radius 3 is 2.88 bits per heavy atom. The zero-order valence-electron chi connectivity index (χ0n) is 13.7. The number of carbonyl (C=O) groups is 1. The first kappa shape index (κ1) is 16.0. The Bertz CT molecular complexity index is 769. The second kappa shape index (κ2) is 6.74. The minimum Gasteiger partial charge on any atom is -0.485 e. The summed E-state index contributed by atoms with van der Waals surface area (Å²) in [4.78, 5) is 27.2. The molecule has 1 aromatic carbocycles. The molecule has 0 radical (unpaired) electrons. The summed E-state index contributed by atoms with van der Waals surface area (Å²) in [5, 5.41) is 6.06. The summed E-state index contributed by atoms with van der Waals surface area (Å²) >= 11 is 0. The molecule has 0 bridgehead atoms. The summed E-state index contributed by atoms with van der Waals surface area (Å²) in [6, 6.07) is 10.6. The van der Waals surface area contributed by atoms with Gasteiger partial charge in [0.25, 0.3) is 11.5 Å². The number of anilines is 1. The number of carbonyl (C=O) groups excluding carboxylic acids is 1. The van der Waals surface area contributed by atoms with Crippen LogP contribution in [0.25, 0.3) is 0 Å². The van der Waals surface area contributed by atoms with Crippen LogP contribution >= 0.6 is 0 Å². The van der Waals surface area contributed by atoms with E-state index >= 15 is 0 Å². The highest BCUT2D eigenvalue weighted by Crippen LogP contribution is 2.32. The SMILES string of the molecule is CCN1C[C@@H](CN(C)C(=O)c2ccc(=O)[nH]n2)Oc2ccccc21. The van der Waals surface area contributed by atoms with Crippen molar-refractivity contribution in [2.75, 3.05) is 31.6 Å². The molecule has 7 heteroatoms. The van der Waals surface area contributed by atoms with Crippen molar-refractivity contribution in [2.24, 2.45) is 0 Å². The maximum Gasteiger partial charge on any atom is 0.274 e. The van der Waals surface area contributed by atoms with Crippen molar-refractivity contribution in [3.8, 4) is 5.75 Å². The lowest BCUT2D eigenvalue weighted by Gasteiger charge is -2.37. The number of hydrogen-bond donors (Lipinski definition) is 1. The van der Waals surface area contributed by atoms with Gasteiger partial charge in [0, 0.05) is 19.7 Å². The Morgan fingerprint density at radius 2 is 2.17 bits per heavy atom. The van der Waals surface area contributed by atoms with Gasteiger partial charge in [-0.1, -0.05) is 12.1 Å². The molecule has 0 saturated heterocycles. The van der Waals surface area contributed by atoms with Gasteiger partial charge in [-0.05, 0) is 25.1 Å². The number of aromatic amines is 1. The quantitative estimate of drug-likeness (QED) is 0.910. The molecule has 0 saturated carbocycles. The van der Waals surface area contributed by atoms with Gasteiger partial charge < -0.3 is 14.5 Å². The molecule has 126 valence electrons. The van der Waals surface area contributed by atoms with Crippen LogP contribution in [0.3, 0.4) is 0 Å². The normalized spacial score (nSPS) is 16.2. The zero-order chi connectivity index (χ0) is 17.1. The Hall–Kier alpha value is -2.83. The lowest BCUT2D eigenvalue weighted by atomic mass is 10.1. The van der Waals surface area contributed by atoms with E-state index in [2.05, 4.69) is 22.0 Å². The van der Waals surface area contributed by atoms with Crippen molar-refractivity contribution in [1.82, 2.24) is 15.1 Å². The van der Waals surface area contributed by atoms with Gasteiger partial charge in [0.1, 0.15) is 17.5 Å². The van der Waals surface area contributed by atoms with Gasteiger partial charge in [-0.2, -0.15) is 5.10 Å². The summed E-state index contributed by atoms with van der Waals surface area (Å²) in [6.45, 7) is 4.11. The summed E-state index contributed by atoms with van der Waals surface area (Å²) in [5.41, 5.74) is 0.952. The number of benzene rings is 1. The maximum absolute atomic E-state index is 12.4. The number of amides is 1. The number of hydrogen-bond acceptors (Lipinski definition) is 5. The standard InChI is InChI=1S/C17H20N4O3/c1-3-21-11-12(24-15-7-5-4-6-14(15)21)10-20(2)17(23)13-8-9-16(22)19-18-13/h4-9,12H,3,10-11H2,1-2H3,(H,19,22)/t12-/m1/s1. The zero-order valence-corrected chi connectivity index (χ0v) is 13.7. The molecule has 2 heterocycles. The van der Waals surface area contributed by atoms with E-state index in [1.54, 1.807) is 11.9 Å². The van der Waals surface area contributed by atoms with Crippen LogP contribution in [0.15, 0.2) is 41.2 Å². The number of ether oxygens (including phenoxy) is 1. The Kier molecular flexibility index (Phi) is 4.50. The lowest BCUT2D eigenvalue weighted by Crippen LogP contribution is -2.47. The third-order valence-electron chi connectivity index (χ3n) is 4.03. The average molecular weight is 328 g/mol. The highest BCUT2D eigenvalue weighted by atomic mass is 16.5. The molecular formula is C17H20N4O3. The largest absolute Gasteiger partial charge is 0.485 e. The van der Waals surface area contributed by atoms with Gasteiger partial charge in [-0.3, -0.25) is 9.59 Å². The number of para-hydroxylation sites is 2. The second-order valence-corrected chi connectivity index (χ2v) is 5.74. The van der Waals surface area contributed by atoms with E-state index in [0.29, 0.717) is 13.1 Å². The number of nitrogens with one attached hydrogen (secondary N) is 1. The molecule has 1 aromatic heterocycles. The molecule has 1 aliphatic rings. The first-order valence-corrected chi connectivity index (χ1v) is 7.90. The number of likely N-dealkylation sites (N-methyl/N-ethyl adjacent to an activating group) is 2. The lowest BCUT2D eigenvalue weighted by molar-refractivity contribution is 0.0702. The Morgan fingerprint density at radius 1 is 1.38 bits per heavy atom. The smallest absolute Gasteiger partial charge is 0.274 e. The van der Waals surface area contributed by atoms with Crippen molar-refractivity contribution in [2.45, 2.75) is 13.0 Å². The fourth-order valence-corrected chi connectivity index (χ4v) is 2.82. The first-order valence-electron chi connectivity index (χ1n) is 7.90. The number of rotatable bonds is 4. The molecular weight excluding hydrogens is 308 g/mol. The third-order valence-corrected chi connectivity index (χ3v) is 4.03. The van der Waals surface area contributed by atoms with E-state index in [1.165, 1.54) is 12.1 Å². The van der Waals surface area contributed by atoms with Crippen LogP contribution in [-0.2, 0) is 0 Å². The Labute approximate surface area is 139 Å². The van der Waals surface area contributed by atoms with Crippen LogP contribution in [0.2, 0.25) is 0 Å². The summed E-state index contributed by atoms with van der Waals surface area (Å²) in [5.74, 6) is 0.579. The van der Waals surface area contributed by atoms with E-state index < -0.39 is 0 Å². The summed E-state index contributed by atoms with van der Waals surface area (Å²) in [6.07, 6.45) is -0.128. The molecule has 0 spiro atoms. The fourth-order valence-electron chi connectivity index (χ4n) is 2.82. The van der Waals surface area contributed by atoms with E-state index in [-0.39, 0.29) is 23.3 Å². The molecule has 0 aliphatic carbocycles.